The number of hydrogen-bond donors (Lipinski definition) is 0. The van der Waals surface area contributed by atoms with E-state index in [0.717, 1.165) is 49.6 Å². The third-order valence-electron chi connectivity index (χ3n) is 6.56. The molecule has 1 fully saturated rings. The highest BCUT2D eigenvalue weighted by Gasteiger charge is 2.20. The SMILES string of the molecule is CCCCCc1ccc(-c2ccc(CCC3CCC(CC)CC3)nn2)c(F)c1F. The minimum Gasteiger partial charge on any atom is -0.203 e. The molecule has 0 bridgehead atoms. The predicted octanol–water partition coefficient (Wildman–Crippen LogP) is 7.30. The van der Waals surface area contributed by atoms with Crippen molar-refractivity contribution in [2.45, 2.75) is 84.5 Å². The van der Waals surface area contributed by atoms with Gasteiger partial charge in [-0.1, -0.05) is 64.9 Å². The Kier molecular flexibility index (Phi) is 8.14. The average molecular weight is 401 g/mol. The van der Waals surface area contributed by atoms with E-state index in [1.165, 1.54) is 32.1 Å². The van der Waals surface area contributed by atoms with Gasteiger partial charge >= 0.3 is 0 Å². The lowest BCUT2D eigenvalue weighted by Crippen LogP contribution is -2.14. The zero-order valence-corrected chi connectivity index (χ0v) is 17.9. The molecule has 0 atom stereocenters. The molecule has 0 amide bonds. The van der Waals surface area contributed by atoms with E-state index in [-0.39, 0.29) is 5.56 Å². The summed E-state index contributed by atoms with van der Waals surface area (Å²) in [6.45, 7) is 4.39. The smallest absolute Gasteiger partial charge is 0.168 e. The van der Waals surface area contributed by atoms with Crippen molar-refractivity contribution in [3.05, 3.63) is 47.2 Å². The van der Waals surface area contributed by atoms with Gasteiger partial charge in [0.2, 0.25) is 0 Å². The maximum atomic E-state index is 14.6. The van der Waals surface area contributed by atoms with Crippen LogP contribution in [0.4, 0.5) is 8.78 Å². The maximum absolute atomic E-state index is 14.6. The van der Waals surface area contributed by atoms with Crippen LogP contribution in [-0.2, 0) is 12.8 Å². The normalized spacial score (nSPS) is 19.4. The van der Waals surface area contributed by atoms with Crippen molar-refractivity contribution in [3.8, 4) is 11.3 Å². The van der Waals surface area contributed by atoms with Gasteiger partial charge in [0, 0.05) is 5.56 Å². The lowest BCUT2D eigenvalue weighted by molar-refractivity contribution is 0.258. The molecule has 1 aliphatic rings. The van der Waals surface area contributed by atoms with Gasteiger partial charge in [-0.3, -0.25) is 0 Å². The number of aryl methyl sites for hydroxylation is 2. The number of unbranched alkanes of at least 4 members (excludes halogenated alkanes) is 2. The fourth-order valence-electron chi connectivity index (χ4n) is 4.46. The van der Waals surface area contributed by atoms with Gasteiger partial charge in [0.25, 0.3) is 0 Å². The first-order chi connectivity index (χ1) is 14.1. The molecule has 1 aliphatic carbocycles. The third kappa shape index (κ3) is 5.83. The fraction of sp³-hybridized carbons (Fsp3) is 0.600. The molecule has 29 heavy (non-hydrogen) atoms. The lowest BCUT2D eigenvalue weighted by Gasteiger charge is -2.27. The second kappa shape index (κ2) is 10.8. The zero-order chi connectivity index (χ0) is 20.6. The molecule has 2 aromatic rings. The second-order valence-corrected chi connectivity index (χ2v) is 8.60. The van der Waals surface area contributed by atoms with E-state index >= 15 is 0 Å². The van der Waals surface area contributed by atoms with E-state index in [1.54, 1.807) is 18.2 Å². The summed E-state index contributed by atoms with van der Waals surface area (Å²) in [6, 6.07) is 7.00. The van der Waals surface area contributed by atoms with Crippen LogP contribution in [-0.4, -0.2) is 10.2 Å². The molecule has 158 valence electrons. The van der Waals surface area contributed by atoms with Crippen LogP contribution in [0.5, 0.6) is 0 Å². The van der Waals surface area contributed by atoms with Crippen LogP contribution in [0, 0.1) is 23.5 Å². The maximum Gasteiger partial charge on any atom is 0.168 e. The molecule has 1 aromatic heterocycles. The van der Waals surface area contributed by atoms with Gasteiger partial charge in [-0.05, 0) is 61.3 Å². The van der Waals surface area contributed by atoms with E-state index < -0.39 is 11.6 Å². The lowest BCUT2D eigenvalue weighted by atomic mass is 9.79. The molecule has 0 N–H and O–H groups in total. The summed E-state index contributed by atoms with van der Waals surface area (Å²) in [4.78, 5) is 0. The quantitative estimate of drug-likeness (QED) is 0.413. The average Bonchev–Trinajstić information content (AvgIpc) is 2.76. The molecule has 4 heteroatoms. The van der Waals surface area contributed by atoms with Crippen LogP contribution in [0.1, 0.15) is 82.9 Å². The summed E-state index contributed by atoms with van der Waals surface area (Å²) in [5, 5.41) is 8.47. The molecule has 0 unspecified atom stereocenters. The molecule has 0 saturated heterocycles. The van der Waals surface area contributed by atoms with E-state index in [4.69, 9.17) is 0 Å². The van der Waals surface area contributed by atoms with Crippen LogP contribution in [0.25, 0.3) is 11.3 Å². The largest absolute Gasteiger partial charge is 0.203 e. The molecule has 0 radical (unpaired) electrons. The minimum absolute atomic E-state index is 0.193. The first-order valence-corrected chi connectivity index (χ1v) is 11.4. The Balaban J connectivity index is 1.59. The summed E-state index contributed by atoms with van der Waals surface area (Å²) < 4.78 is 29.0. The van der Waals surface area contributed by atoms with E-state index in [9.17, 15) is 8.78 Å². The molecule has 3 rings (SSSR count). The molecule has 1 saturated carbocycles. The third-order valence-corrected chi connectivity index (χ3v) is 6.56. The van der Waals surface area contributed by atoms with Gasteiger partial charge in [0.1, 0.15) is 0 Å². The van der Waals surface area contributed by atoms with Crippen molar-refractivity contribution in [1.82, 2.24) is 10.2 Å². The van der Waals surface area contributed by atoms with Crippen LogP contribution >= 0.6 is 0 Å². The number of rotatable bonds is 9. The monoisotopic (exact) mass is 400 g/mol. The Morgan fingerprint density at radius 2 is 1.59 bits per heavy atom. The topological polar surface area (TPSA) is 25.8 Å². The number of benzene rings is 1. The van der Waals surface area contributed by atoms with Gasteiger partial charge in [-0.15, -0.1) is 0 Å². The number of aromatic nitrogens is 2. The Bertz CT molecular complexity index is 765. The first kappa shape index (κ1) is 21.9. The van der Waals surface area contributed by atoms with Crippen molar-refractivity contribution in [3.63, 3.8) is 0 Å². The highest BCUT2D eigenvalue weighted by atomic mass is 19.2. The summed E-state index contributed by atoms with van der Waals surface area (Å²) in [5.74, 6) is 0.144. The Morgan fingerprint density at radius 1 is 0.828 bits per heavy atom. The molecule has 0 aliphatic heterocycles. The van der Waals surface area contributed by atoms with E-state index in [2.05, 4.69) is 24.0 Å². The molecule has 2 nitrogen and oxygen atoms in total. The molecular formula is C25H34F2N2. The minimum atomic E-state index is -0.811. The van der Waals surface area contributed by atoms with Gasteiger partial charge < -0.3 is 0 Å². The van der Waals surface area contributed by atoms with Crippen LogP contribution in [0.15, 0.2) is 24.3 Å². The standard InChI is InChI=1S/C25H34F2N2/c1-3-5-6-7-20-13-16-22(25(27)24(20)26)23-17-15-21(28-29-23)14-12-19-10-8-18(4-2)9-11-19/h13,15-19H,3-12,14H2,1-2H3. The van der Waals surface area contributed by atoms with Crippen molar-refractivity contribution in [1.29, 1.82) is 0 Å². The summed E-state index contributed by atoms with van der Waals surface area (Å²) in [5.41, 5.74) is 1.97. The number of halogens is 2. The van der Waals surface area contributed by atoms with Gasteiger partial charge in [-0.2, -0.15) is 10.2 Å². The van der Waals surface area contributed by atoms with Gasteiger partial charge in [0.15, 0.2) is 11.6 Å². The number of hydrogen-bond acceptors (Lipinski definition) is 2. The second-order valence-electron chi connectivity index (χ2n) is 8.60. The first-order valence-electron chi connectivity index (χ1n) is 11.4. The van der Waals surface area contributed by atoms with Crippen molar-refractivity contribution in [2.75, 3.05) is 0 Å². The highest BCUT2D eigenvalue weighted by Crippen LogP contribution is 2.33. The summed E-state index contributed by atoms with van der Waals surface area (Å²) >= 11 is 0. The molecular weight excluding hydrogens is 366 g/mol. The highest BCUT2D eigenvalue weighted by molar-refractivity contribution is 5.60. The zero-order valence-electron chi connectivity index (χ0n) is 17.9. The van der Waals surface area contributed by atoms with Gasteiger partial charge in [-0.25, -0.2) is 8.78 Å². The van der Waals surface area contributed by atoms with Crippen molar-refractivity contribution in [2.24, 2.45) is 11.8 Å². The van der Waals surface area contributed by atoms with Gasteiger partial charge in [0.05, 0.1) is 11.4 Å². The number of nitrogens with zero attached hydrogens (tertiary/aromatic N) is 2. The van der Waals surface area contributed by atoms with Crippen LogP contribution < -0.4 is 0 Å². The predicted molar refractivity (Wildman–Crippen MR) is 115 cm³/mol. The summed E-state index contributed by atoms with van der Waals surface area (Å²) in [6.07, 6.45) is 12.2. The fourth-order valence-corrected chi connectivity index (χ4v) is 4.46. The van der Waals surface area contributed by atoms with E-state index in [0.29, 0.717) is 17.7 Å². The molecule has 1 aromatic carbocycles. The molecule has 0 spiro atoms. The Labute approximate surface area is 174 Å². The van der Waals surface area contributed by atoms with E-state index in [1.807, 2.05) is 6.07 Å². The summed E-state index contributed by atoms with van der Waals surface area (Å²) in [7, 11) is 0. The Hall–Kier alpha value is -1.84. The Morgan fingerprint density at radius 3 is 2.24 bits per heavy atom. The van der Waals surface area contributed by atoms with Crippen LogP contribution in [0.3, 0.4) is 0 Å². The van der Waals surface area contributed by atoms with Crippen LogP contribution in [0.2, 0.25) is 0 Å². The van der Waals surface area contributed by atoms with Crippen molar-refractivity contribution >= 4 is 0 Å². The molecule has 1 heterocycles. The van der Waals surface area contributed by atoms with Crippen molar-refractivity contribution < 1.29 is 8.78 Å².